The van der Waals surface area contributed by atoms with E-state index in [4.69, 9.17) is 4.74 Å². The van der Waals surface area contributed by atoms with Gasteiger partial charge in [-0.15, -0.1) is 0 Å². The maximum absolute atomic E-state index is 13.0. The van der Waals surface area contributed by atoms with Gasteiger partial charge in [0.2, 0.25) is 5.96 Å². The summed E-state index contributed by atoms with van der Waals surface area (Å²) in [5, 5.41) is 2.86. The van der Waals surface area contributed by atoms with Crippen molar-refractivity contribution in [1.82, 2.24) is 15.3 Å². The summed E-state index contributed by atoms with van der Waals surface area (Å²) in [6.45, 7) is 6.18. The van der Waals surface area contributed by atoms with Gasteiger partial charge in [-0.1, -0.05) is 42.5 Å². The van der Waals surface area contributed by atoms with Crippen molar-refractivity contribution in [2.24, 2.45) is 4.99 Å². The fourth-order valence-electron chi connectivity index (χ4n) is 3.37. The molecule has 1 aliphatic rings. The first kappa shape index (κ1) is 20.3. The molecule has 2 heterocycles. The summed E-state index contributed by atoms with van der Waals surface area (Å²) in [6, 6.07) is 19.1. The number of aryl methyl sites for hydroxylation is 2. The van der Waals surface area contributed by atoms with E-state index >= 15 is 0 Å². The standard InChI is InChI=1S/C24H23N5O2/c1-4-31-21-13-9-8-12-19(21)29-20(15-18-10-6-5-7-11-18)22(30)27-24(29)28-23-25-16(2)14-17(3)26-23/h5-15H,4H2,1-3H3,(H,25,26,27,28,30)/b20-15+. The Bertz CT molecular complexity index is 1150. The van der Waals surface area contributed by atoms with Gasteiger partial charge in [0, 0.05) is 11.4 Å². The number of ether oxygens (including phenoxy) is 1. The van der Waals surface area contributed by atoms with E-state index in [9.17, 15) is 4.79 Å². The third-order valence-electron chi connectivity index (χ3n) is 4.60. The van der Waals surface area contributed by atoms with Gasteiger partial charge in [0.1, 0.15) is 11.4 Å². The summed E-state index contributed by atoms with van der Waals surface area (Å²) < 4.78 is 5.83. The molecule has 0 atom stereocenters. The molecule has 0 aliphatic carbocycles. The SMILES string of the molecule is CCOc1ccccc1N1/C(=C/c2ccccc2)C(=O)N/C1=N\c1nc(C)cc(C)n1. The zero-order valence-electron chi connectivity index (χ0n) is 17.7. The molecule has 0 saturated carbocycles. The van der Waals surface area contributed by atoms with Crippen molar-refractivity contribution in [1.29, 1.82) is 0 Å². The van der Waals surface area contributed by atoms with Gasteiger partial charge in [-0.25, -0.2) is 9.97 Å². The van der Waals surface area contributed by atoms with Crippen LogP contribution < -0.4 is 15.0 Å². The second kappa shape index (κ2) is 8.79. The Kier molecular flexibility index (Phi) is 5.75. The number of hydrogen-bond donors (Lipinski definition) is 1. The molecule has 1 amide bonds. The van der Waals surface area contributed by atoms with Crippen molar-refractivity contribution in [3.63, 3.8) is 0 Å². The molecule has 4 rings (SSSR count). The van der Waals surface area contributed by atoms with Gasteiger partial charge >= 0.3 is 0 Å². The Morgan fingerprint density at radius 2 is 1.71 bits per heavy atom. The first-order chi connectivity index (χ1) is 15.0. The van der Waals surface area contributed by atoms with Crippen LogP contribution >= 0.6 is 0 Å². The van der Waals surface area contributed by atoms with Crippen molar-refractivity contribution in [2.75, 3.05) is 11.5 Å². The van der Waals surface area contributed by atoms with E-state index in [0.717, 1.165) is 17.0 Å². The van der Waals surface area contributed by atoms with Gasteiger partial charge in [-0.05, 0) is 50.6 Å². The van der Waals surface area contributed by atoms with E-state index < -0.39 is 0 Å². The first-order valence-corrected chi connectivity index (χ1v) is 10.1. The number of carbonyl (C=O) groups excluding carboxylic acids is 1. The van der Waals surface area contributed by atoms with Crippen molar-refractivity contribution in [3.8, 4) is 5.75 Å². The van der Waals surface area contributed by atoms with E-state index in [2.05, 4.69) is 20.3 Å². The number of nitrogens with one attached hydrogen (secondary N) is 1. The molecule has 7 nitrogen and oxygen atoms in total. The minimum atomic E-state index is -0.265. The van der Waals surface area contributed by atoms with Crippen LogP contribution in [0, 0.1) is 13.8 Å². The Morgan fingerprint density at radius 3 is 2.42 bits per heavy atom. The minimum Gasteiger partial charge on any atom is -0.492 e. The van der Waals surface area contributed by atoms with Crippen LogP contribution in [-0.2, 0) is 4.79 Å². The van der Waals surface area contributed by atoms with E-state index in [0.29, 0.717) is 29.7 Å². The largest absolute Gasteiger partial charge is 0.492 e. The van der Waals surface area contributed by atoms with Crippen molar-refractivity contribution >= 4 is 29.6 Å². The lowest BCUT2D eigenvalue weighted by atomic mass is 10.1. The highest BCUT2D eigenvalue weighted by Crippen LogP contribution is 2.34. The molecule has 1 aromatic heterocycles. The Balaban J connectivity index is 1.88. The quantitative estimate of drug-likeness (QED) is 0.636. The summed E-state index contributed by atoms with van der Waals surface area (Å²) in [7, 11) is 0. The monoisotopic (exact) mass is 413 g/mol. The summed E-state index contributed by atoms with van der Waals surface area (Å²) >= 11 is 0. The average molecular weight is 413 g/mol. The molecule has 7 heteroatoms. The molecule has 3 aromatic rings. The number of guanidine groups is 1. The topological polar surface area (TPSA) is 79.7 Å². The molecule has 1 saturated heterocycles. The smallest absolute Gasteiger partial charge is 0.275 e. The summed E-state index contributed by atoms with van der Waals surface area (Å²) in [5.41, 5.74) is 3.64. The molecule has 0 radical (unpaired) electrons. The third-order valence-corrected chi connectivity index (χ3v) is 4.60. The zero-order valence-corrected chi connectivity index (χ0v) is 17.7. The maximum atomic E-state index is 13.0. The molecule has 0 bridgehead atoms. The molecular formula is C24H23N5O2. The lowest BCUT2D eigenvalue weighted by Gasteiger charge is -2.21. The van der Waals surface area contributed by atoms with E-state index in [1.807, 2.05) is 87.5 Å². The average Bonchev–Trinajstić information content (AvgIpc) is 3.03. The fraction of sp³-hybridized carbons (Fsp3) is 0.167. The number of rotatable bonds is 5. The van der Waals surface area contributed by atoms with Gasteiger partial charge in [-0.2, -0.15) is 4.99 Å². The van der Waals surface area contributed by atoms with Crippen molar-refractivity contribution in [3.05, 3.63) is 83.3 Å². The van der Waals surface area contributed by atoms with Crippen LogP contribution in [0.1, 0.15) is 23.9 Å². The number of amides is 1. The van der Waals surface area contributed by atoms with Gasteiger partial charge in [0.25, 0.3) is 11.9 Å². The van der Waals surface area contributed by atoms with Gasteiger partial charge < -0.3 is 4.74 Å². The number of nitrogens with zero attached hydrogens (tertiary/aromatic N) is 4. The number of aliphatic imine (C=N–C) groups is 1. The zero-order chi connectivity index (χ0) is 21.8. The predicted octanol–water partition coefficient (Wildman–Crippen LogP) is 4.16. The van der Waals surface area contributed by atoms with Crippen LogP contribution in [0.2, 0.25) is 0 Å². The molecule has 31 heavy (non-hydrogen) atoms. The highest BCUT2D eigenvalue weighted by molar-refractivity contribution is 6.25. The second-order valence-corrected chi connectivity index (χ2v) is 7.02. The van der Waals surface area contributed by atoms with Gasteiger partial charge in [-0.3, -0.25) is 15.0 Å². The maximum Gasteiger partial charge on any atom is 0.275 e. The molecule has 1 aliphatic heterocycles. The van der Waals surface area contributed by atoms with E-state index in [1.165, 1.54) is 0 Å². The van der Waals surface area contributed by atoms with Crippen LogP contribution in [-0.4, -0.2) is 28.4 Å². The molecular weight excluding hydrogens is 390 g/mol. The van der Waals surface area contributed by atoms with E-state index in [-0.39, 0.29) is 11.9 Å². The molecule has 0 unspecified atom stereocenters. The molecule has 156 valence electrons. The summed E-state index contributed by atoms with van der Waals surface area (Å²) in [4.78, 5) is 28.1. The Morgan fingerprint density at radius 1 is 1.03 bits per heavy atom. The highest BCUT2D eigenvalue weighted by Gasteiger charge is 2.34. The number of anilines is 1. The van der Waals surface area contributed by atoms with Crippen LogP contribution in [0.4, 0.5) is 11.6 Å². The molecule has 0 spiro atoms. The number of carbonyl (C=O) groups is 1. The molecule has 1 N–H and O–H groups in total. The Labute approximate surface area is 181 Å². The molecule has 1 fully saturated rings. The fourth-order valence-corrected chi connectivity index (χ4v) is 3.37. The number of para-hydroxylation sites is 2. The summed E-state index contributed by atoms with van der Waals surface area (Å²) in [6.07, 6.45) is 1.82. The number of benzene rings is 2. The lowest BCUT2D eigenvalue weighted by molar-refractivity contribution is -0.115. The second-order valence-electron chi connectivity index (χ2n) is 7.02. The normalized spacial score (nSPS) is 16.1. The van der Waals surface area contributed by atoms with Gasteiger partial charge in [0.05, 0.1) is 12.3 Å². The third kappa shape index (κ3) is 4.45. The molecule has 2 aromatic carbocycles. The minimum absolute atomic E-state index is 0.265. The van der Waals surface area contributed by atoms with Crippen LogP contribution in [0.25, 0.3) is 6.08 Å². The van der Waals surface area contributed by atoms with E-state index in [1.54, 1.807) is 4.90 Å². The first-order valence-electron chi connectivity index (χ1n) is 10.1. The van der Waals surface area contributed by atoms with Gasteiger partial charge in [0.15, 0.2) is 0 Å². The predicted molar refractivity (Wildman–Crippen MR) is 121 cm³/mol. The van der Waals surface area contributed by atoms with Crippen LogP contribution in [0.15, 0.2) is 71.4 Å². The number of aromatic nitrogens is 2. The number of hydrogen-bond acceptors (Lipinski definition) is 5. The summed E-state index contributed by atoms with van der Waals surface area (Å²) in [5.74, 6) is 0.991. The Hall–Kier alpha value is -4.00. The highest BCUT2D eigenvalue weighted by atomic mass is 16.5. The van der Waals surface area contributed by atoms with Crippen LogP contribution in [0.5, 0.6) is 5.75 Å². The van der Waals surface area contributed by atoms with Crippen molar-refractivity contribution in [2.45, 2.75) is 20.8 Å². The van der Waals surface area contributed by atoms with Crippen LogP contribution in [0.3, 0.4) is 0 Å². The van der Waals surface area contributed by atoms with Crippen molar-refractivity contribution < 1.29 is 9.53 Å². The lowest BCUT2D eigenvalue weighted by Crippen LogP contribution is -2.30.